The van der Waals surface area contributed by atoms with Crippen molar-refractivity contribution in [2.24, 2.45) is 85.8 Å². The van der Waals surface area contributed by atoms with Crippen molar-refractivity contribution in [1.82, 2.24) is 68.6 Å². The lowest BCUT2D eigenvalue weighted by Gasteiger charge is -2.51. The molecule has 13 aliphatic heterocycles. The van der Waals surface area contributed by atoms with Gasteiger partial charge in [-0.15, -0.1) is 0 Å². The third kappa shape index (κ3) is 45.5. The van der Waals surface area contributed by atoms with Gasteiger partial charge in [0.1, 0.15) is 0 Å². The smallest absolute Gasteiger partial charge is 0.224 e. The van der Waals surface area contributed by atoms with Crippen molar-refractivity contribution in [3.05, 3.63) is 0 Å². The second-order valence-corrected chi connectivity index (χ2v) is 63.2. The van der Waals surface area contributed by atoms with Crippen LogP contribution in [0, 0.1) is 85.8 Å². The molecule has 16 heteroatoms. The van der Waals surface area contributed by atoms with Crippen LogP contribution in [0.25, 0.3) is 0 Å². The molecule has 0 unspecified atom stereocenters. The first-order chi connectivity index (χ1) is 65.2. The van der Waals surface area contributed by atoms with Crippen molar-refractivity contribution >= 4 is 5.91 Å². The largest absolute Gasteiger partial charge is 0.381 e. The fourth-order valence-electron chi connectivity index (χ4n) is 26.6. The molecule has 0 radical (unpaired) electrons. The van der Waals surface area contributed by atoms with Crippen LogP contribution in [0.1, 0.15) is 451 Å². The maximum absolute atomic E-state index is 12.1. The van der Waals surface area contributed by atoms with Gasteiger partial charge in [-0.2, -0.15) is 0 Å². The van der Waals surface area contributed by atoms with E-state index >= 15 is 0 Å². The Hall–Kier alpha value is -1.09. The van der Waals surface area contributed by atoms with Crippen LogP contribution in [0.4, 0.5) is 0 Å². The highest BCUT2D eigenvalue weighted by Crippen LogP contribution is 2.47. The first kappa shape index (κ1) is 128. The van der Waals surface area contributed by atoms with Gasteiger partial charge in [-0.25, -0.2) is 0 Å². The lowest BCUT2D eigenvalue weighted by atomic mass is 9.70. The number of piperidine rings is 10. The molecule has 0 aliphatic carbocycles. The van der Waals surface area contributed by atoms with Crippen LogP contribution in [-0.4, -0.2) is 347 Å². The van der Waals surface area contributed by atoms with Crippen LogP contribution >= 0.6 is 0 Å². The molecule has 1 amide bonds. The molecule has 0 aromatic rings. The molecule has 0 aromatic heterocycles. The Morgan fingerprint density at radius 1 is 0.261 bits per heavy atom. The molecule has 16 nitrogen and oxygen atoms in total. The number of piperazine rings is 1. The van der Waals surface area contributed by atoms with Gasteiger partial charge < -0.3 is 29.2 Å². The van der Waals surface area contributed by atoms with Gasteiger partial charge in [0.05, 0.1) is 13.0 Å². The lowest BCUT2D eigenvalue weighted by Crippen LogP contribution is -2.54. The molecule has 142 heavy (non-hydrogen) atoms. The molecule has 13 saturated heterocycles. The summed E-state index contributed by atoms with van der Waals surface area (Å²) in [6.45, 7) is 138. The summed E-state index contributed by atoms with van der Waals surface area (Å²) in [4.78, 5) is 48.9. The predicted molar refractivity (Wildman–Crippen MR) is 621 cm³/mol. The molecule has 13 fully saturated rings. The third-order valence-corrected chi connectivity index (χ3v) is 37.9. The number of hydrogen-bond donors (Lipinski definition) is 0. The molecule has 13 heterocycles. The molecule has 0 N–H and O–H groups in total. The van der Waals surface area contributed by atoms with Gasteiger partial charge in [-0.1, -0.05) is 96.9 Å². The second-order valence-electron chi connectivity index (χ2n) is 63.2. The Labute approximate surface area is 887 Å². The molecule has 838 valence electrons. The highest BCUT2D eigenvalue weighted by Gasteiger charge is 2.46. The van der Waals surface area contributed by atoms with Crippen molar-refractivity contribution in [2.45, 2.75) is 501 Å². The number of ether oxygens (including phenoxy) is 1. The van der Waals surface area contributed by atoms with Crippen molar-refractivity contribution in [2.75, 3.05) is 223 Å². The van der Waals surface area contributed by atoms with E-state index in [0.717, 1.165) is 92.5 Å². The van der Waals surface area contributed by atoms with Gasteiger partial charge in [0, 0.05) is 122 Å². The molecule has 13 rings (SSSR count). The van der Waals surface area contributed by atoms with E-state index in [-0.39, 0.29) is 11.4 Å². The van der Waals surface area contributed by atoms with E-state index < -0.39 is 0 Å². The zero-order chi connectivity index (χ0) is 106. The number of carbonyl (C=O) groups excluding carboxylic acids is 1. The number of carbonyl (C=O) groups is 1. The van der Waals surface area contributed by atoms with Crippen molar-refractivity contribution in [3.8, 4) is 0 Å². The standard InChI is InChI=1S/2C19H38N2.3C18H36N2.C17H34N2O2.C17H34N2/c2*1-18(2,3)17-9-11-20(12-10-17)15-16-7-13-21(14-8-16)19(4,5)6;1-16(2,3)15-19-11-7-18(8-12-19)9-13-20(14-10-18)17(4,5)6;1-17(2,3)16-8-10-19(11-9-16)13-15-7-12-20(14-15)18(4,5)6;1-17(2,3)19-10-7-15(8-11-19)13-16-9-12-20(14-16)18(4,5)6;1-15(2)7-6-13-21-14-8-16(20)18-9-11-19(12-10-18)17(3,4)5;1-15(2,3)18-11-7-17(8-12-18)9-13-19(14-10-17)16(4,5)6/h2*16-17H,7-15H2,1-6H3;7-15H2,1-6H3;2*15-16H,7-14H2,1-6H3;15H,6-14H2,1-5H3;7-14H2,1-6H3/t;;;15-;16-;;/m...00../s1. The Balaban J connectivity index is 0.000000225. The van der Waals surface area contributed by atoms with Gasteiger partial charge in [0.15, 0.2) is 0 Å². The fourth-order valence-corrected chi connectivity index (χ4v) is 26.6. The van der Waals surface area contributed by atoms with E-state index in [1.807, 2.05) is 4.90 Å². The molecule has 2 atom stereocenters. The average molecular weight is 2000 g/mol. The summed E-state index contributed by atoms with van der Waals surface area (Å²) in [5.74, 6) is 8.48. The first-order valence-electron chi connectivity index (χ1n) is 60.7. The summed E-state index contributed by atoms with van der Waals surface area (Å²) in [6.07, 6.45) is 35.4. The van der Waals surface area contributed by atoms with Crippen molar-refractivity contribution < 1.29 is 9.53 Å². The summed E-state index contributed by atoms with van der Waals surface area (Å²) < 4.78 is 5.56. The van der Waals surface area contributed by atoms with E-state index in [1.165, 1.54) is 337 Å². The monoisotopic (exact) mass is 1990 g/mol. The lowest BCUT2D eigenvalue weighted by molar-refractivity contribution is -0.134. The summed E-state index contributed by atoms with van der Waals surface area (Å²) in [5.41, 5.74) is 6.37. The average Bonchev–Trinajstić information content (AvgIpc) is 0.837. The van der Waals surface area contributed by atoms with Gasteiger partial charge >= 0.3 is 0 Å². The van der Waals surface area contributed by atoms with Crippen LogP contribution in [-0.2, 0) is 9.53 Å². The summed E-state index contributed by atoms with van der Waals surface area (Å²) in [7, 11) is 0. The molecule has 2 spiro atoms. The minimum absolute atomic E-state index is 0.203. The van der Waals surface area contributed by atoms with Crippen LogP contribution in [0.2, 0.25) is 0 Å². The quantitative estimate of drug-likeness (QED) is 0.138. The minimum atomic E-state index is 0.203. The SMILES string of the molecule is CC(C)(C)C1CCN(CC2CCN(C(C)(C)C)CC2)CC1.CC(C)(C)C1CCN(CC2CCN(C(C)(C)C)CC2)CC1.CC(C)(C)C1CCN(C[C@@H]2CCN(C(C)(C)C)C2)CC1.CC(C)(C)CN1CCC2(CC1)CCN(C(C)(C)C)CC2.CC(C)(C)N1CCC(C[C@@H]2CCN(C(C)(C)C)C2)CC1.CC(C)(C)N1CCC2(CC1)CCN(C(C)(C)C)CC2.CC(C)CCCOCCC(=O)N1CCN(C(C)(C)C)CC1. The van der Waals surface area contributed by atoms with Crippen LogP contribution in [0.15, 0.2) is 0 Å². The van der Waals surface area contributed by atoms with E-state index in [2.05, 4.69) is 348 Å². The van der Waals surface area contributed by atoms with Crippen molar-refractivity contribution in [3.63, 3.8) is 0 Å². The summed E-state index contributed by atoms with van der Waals surface area (Å²) >= 11 is 0. The normalized spacial score (nSPS) is 25.3. The van der Waals surface area contributed by atoms with Gasteiger partial charge in [-0.3, -0.25) is 48.9 Å². The zero-order valence-corrected chi connectivity index (χ0v) is 104. The number of likely N-dealkylation sites (tertiary alicyclic amines) is 12. The van der Waals surface area contributed by atoms with E-state index in [4.69, 9.17) is 4.74 Å². The van der Waals surface area contributed by atoms with E-state index in [0.29, 0.717) is 89.8 Å². The van der Waals surface area contributed by atoms with Gasteiger partial charge in [0.25, 0.3) is 0 Å². The van der Waals surface area contributed by atoms with E-state index in [9.17, 15) is 4.79 Å². The maximum Gasteiger partial charge on any atom is 0.224 e. The van der Waals surface area contributed by atoms with Gasteiger partial charge in [0.2, 0.25) is 5.91 Å². The minimum Gasteiger partial charge on any atom is -0.381 e. The van der Waals surface area contributed by atoms with E-state index in [1.54, 1.807) is 0 Å². The van der Waals surface area contributed by atoms with Gasteiger partial charge in [-0.05, 0) is 577 Å². The summed E-state index contributed by atoms with van der Waals surface area (Å²) in [5, 5.41) is 0. The Kier molecular flexibility index (Phi) is 49.3. The molecule has 0 saturated carbocycles. The number of rotatable bonds is 16. The Bertz CT molecular complexity index is 3160. The molecule has 0 bridgehead atoms. The fraction of sp³-hybridized carbons (Fsp3) is 0.992. The number of nitrogens with zero attached hydrogens (tertiary/aromatic N) is 14. The van der Waals surface area contributed by atoms with Crippen LogP contribution in [0.5, 0.6) is 0 Å². The highest BCUT2D eigenvalue weighted by atomic mass is 16.5. The van der Waals surface area contributed by atoms with Crippen molar-refractivity contribution in [1.29, 1.82) is 0 Å². The highest BCUT2D eigenvalue weighted by molar-refractivity contribution is 5.76. The maximum atomic E-state index is 12.1. The Morgan fingerprint density at radius 2 is 0.507 bits per heavy atom. The zero-order valence-electron chi connectivity index (χ0n) is 104. The molecular weight excluding hydrogens is 1740 g/mol. The number of amides is 1. The predicted octanol–water partition coefficient (Wildman–Crippen LogP) is 26.9. The molecule has 13 aliphatic rings. The molecule has 0 aromatic carbocycles. The van der Waals surface area contributed by atoms with Crippen LogP contribution < -0.4 is 0 Å². The third-order valence-electron chi connectivity index (χ3n) is 37.9. The molecular formula is C126H252N14O2. The topological polar surface area (TPSA) is 71.7 Å². The van der Waals surface area contributed by atoms with Crippen LogP contribution in [0.3, 0.4) is 0 Å². The summed E-state index contributed by atoms with van der Waals surface area (Å²) in [6, 6.07) is 0. The number of hydrogen-bond acceptors (Lipinski definition) is 15. The first-order valence-corrected chi connectivity index (χ1v) is 60.7. The second kappa shape index (κ2) is 54.8. The Morgan fingerprint density at radius 3 is 0.782 bits per heavy atom.